The van der Waals surface area contributed by atoms with Crippen LogP contribution in [0.25, 0.3) is 0 Å². The SMILES string of the molecule is C=CCOc1ccc(NC(=O)CN2CCNC(=O)C2CC(=O)OCC(C)C)cc1. The summed E-state index contributed by atoms with van der Waals surface area (Å²) in [5.41, 5.74) is 0.621. The number of ether oxygens (including phenoxy) is 2. The van der Waals surface area contributed by atoms with E-state index in [9.17, 15) is 14.4 Å². The number of nitrogens with zero attached hydrogens (tertiary/aromatic N) is 1. The van der Waals surface area contributed by atoms with Crippen molar-refractivity contribution in [3.8, 4) is 5.75 Å². The first-order valence-electron chi connectivity index (χ1n) is 9.70. The molecule has 29 heavy (non-hydrogen) atoms. The fourth-order valence-corrected chi connectivity index (χ4v) is 2.82. The van der Waals surface area contributed by atoms with E-state index >= 15 is 0 Å². The van der Waals surface area contributed by atoms with Gasteiger partial charge in [-0.1, -0.05) is 26.5 Å². The van der Waals surface area contributed by atoms with E-state index in [-0.39, 0.29) is 30.7 Å². The second kappa shape index (κ2) is 11.2. The first-order chi connectivity index (χ1) is 13.9. The lowest BCUT2D eigenvalue weighted by molar-refractivity contribution is -0.149. The molecule has 0 aromatic heterocycles. The number of carbonyl (C=O) groups is 3. The summed E-state index contributed by atoms with van der Waals surface area (Å²) in [5.74, 6) is -0.0827. The zero-order chi connectivity index (χ0) is 21.2. The Morgan fingerprint density at radius 2 is 2.07 bits per heavy atom. The Hall–Kier alpha value is -2.87. The number of rotatable bonds is 10. The van der Waals surface area contributed by atoms with Gasteiger partial charge in [0, 0.05) is 18.8 Å². The van der Waals surface area contributed by atoms with Gasteiger partial charge in [0.1, 0.15) is 18.4 Å². The number of benzene rings is 1. The van der Waals surface area contributed by atoms with Crippen molar-refractivity contribution in [3.63, 3.8) is 0 Å². The Morgan fingerprint density at radius 1 is 1.34 bits per heavy atom. The molecule has 158 valence electrons. The van der Waals surface area contributed by atoms with Crippen LogP contribution in [0, 0.1) is 5.92 Å². The van der Waals surface area contributed by atoms with Gasteiger partial charge in [-0.3, -0.25) is 19.3 Å². The quantitative estimate of drug-likeness (QED) is 0.455. The maximum absolute atomic E-state index is 12.4. The molecule has 1 heterocycles. The van der Waals surface area contributed by atoms with E-state index in [1.807, 2.05) is 13.8 Å². The topological polar surface area (TPSA) is 97.0 Å². The number of nitrogens with one attached hydrogen (secondary N) is 2. The van der Waals surface area contributed by atoms with E-state index in [0.717, 1.165) is 0 Å². The number of amides is 2. The van der Waals surface area contributed by atoms with Gasteiger partial charge in [-0.05, 0) is 30.2 Å². The Bertz CT molecular complexity index is 718. The van der Waals surface area contributed by atoms with Crippen molar-refractivity contribution in [1.82, 2.24) is 10.2 Å². The summed E-state index contributed by atoms with van der Waals surface area (Å²) in [4.78, 5) is 38.4. The van der Waals surface area contributed by atoms with E-state index in [4.69, 9.17) is 9.47 Å². The molecular weight excluding hydrogens is 374 g/mol. The lowest BCUT2D eigenvalue weighted by Gasteiger charge is -2.33. The van der Waals surface area contributed by atoms with Gasteiger partial charge in [-0.15, -0.1) is 0 Å². The van der Waals surface area contributed by atoms with Gasteiger partial charge < -0.3 is 20.1 Å². The average Bonchev–Trinajstić information content (AvgIpc) is 2.68. The molecule has 8 heteroatoms. The Labute approximate surface area is 171 Å². The number of esters is 1. The summed E-state index contributed by atoms with van der Waals surface area (Å²) < 4.78 is 10.6. The lowest BCUT2D eigenvalue weighted by Crippen LogP contribution is -2.57. The predicted octanol–water partition coefficient (Wildman–Crippen LogP) is 1.58. The van der Waals surface area contributed by atoms with Crippen LogP contribution in [-0.4, -0.2) is 61.6 Å². The average molecular weight is 403 g/mol. The van der Waals surface area contributed by atoms with Crippen LogP contribution in [0.2, 0.25) is 0 Å². The molecule has 2 rings (SSSR count). The third kappa shape index (κ3) is 7.57. The highest BCUT2D eigenvalue weighted by Crippen LogP contribution is 2.16. The standard InChI is InChI=1S/C21H29N3O5/c1-4-11-28-17-7-5-16(6-8-17)23-19(25)13-24-10-9-22-21(27)18(24)12-20(26)29-14-15(2)3/h4-8,15,18H,1,9-14H2,2-3H3,(H,22,27)(H,23,25). The van der Waals surface area contributed by atoms with E-state index < -0.39 is 12.0 Å². The highest BCUT2D eigenvalue weighted by atomic mass is 16.5. The largest absolute Gasteiger partial charge is 0.490 e. The maximum Gasteiger partial charge on any atom is 0.307 e. The molecule has 0 radical (unpaired) electrons. The smallest absolute Gasteiger partial charge is 0.307 e. The molecule has 1 aliphatic heterocycles. The fourth-order valence-electron chi connectivity index (χ4n) is 2.82. The highest BCUT2D eigenvalue weighted by Gasteiger charge is 2.33. The summed E-state index contributed by atoms with van der Waals surface area (Å²) in [7, 11) is 0. The third-order valence-corrected chi connectivity index (χ3v) is 4.23. The molecule has 1 fully saturated rings. The zero-order valence-electron chi connectivity index (χ0n) is 17.0. The number of piperazine rings is 1. The van der Waals surface area contributed by atoms with Gasteiger partial charge in [0.25, 0.3) is 0 Å². The molecule has 0 spiro atoms. The van der Waals surface area contributed by atoms with Gasteiger partial charge in [0.05, 0.1) is 19.6 Å². The number of hydrogen-bond donors (Lipinski definition) is 2. The molecule has 2 N–H and O–H groups in total. The van der Waals surface area contributed by atoms with Crippen LogP contribution < -0.4 is 15.4 Å². The van der Waals surface area contributed by atoms with E-state index in [0.29, 0.717) is 37.7 Å². The molecule has 8 nitrogen and oxygen atoms in total. The molecule has 1 aromatic carbocycles. The molecule has 1 atom stereocenters. The van der Waals surface area contributed by atoms with E-state index in [1.165, 1.54) is 0 Å². The maximum atomic E-state index is 12.4. The predicted molar refractivity (Wildman–Crippen MR) is 110 cm³/mol. The lowest BCUT2D eigenvalue weighted by atomic mass is 10.1. The van der Waals surface area contributed by atoms with E-state index in [1.54, 1.807) is 35.2 Å². The minimum atomic E-state index is -0.719. The minimum Gasteiger partial charge on any atom is -0.490 e. The Morgan fingerprint density at radius 3 is 2.72 bits per heavy atom. The van der Waals surface area contributed by atoms with Gasteiger partial charge >= 0.3 is 5.97 Å². The van der Waals surface area contributed by atoms with Crippen LogP contribution in [0.3, 0.4) is 0 Å². The summed E-state index contributed by atoms with van der Waals surface area (Å²) in [6.45, 7) is 9.10. The van der Waals surface area contributed by atoms with Gasteiger partial charge in [-0.25, -0.2) is 0 Å². The summed E-state index contributed by atoms with van der Waals surface area (Å²) >= 11 is 0. The summed E-state index contributed by atoms with van der Waals surface area (Å²) in [6.07, 6.45) is 1.57. The molecule has 0 aliphatic carbocycles. The number of hydrogen-bond acceptors (Lipinski definition) is 6. The van der Waals surface area contributed by atoms with Crippen molar-refractivity contribution in [2.24, 2.45) is 5.92 Å². The molecule has 0 bridgehead atoms. The fraction of sp³-hybridized carbons (Fsp3) is 0.476. The normalized spacial score (nSPS) is 16.8. The van der Waals surface area contributed by atoms with Crippen molar-refractivity contribution in [3.05, 3.63) is 36.9 Å². The molecule has 0 saturated carbocycles. The van der Waals surface area contributed by atoms with Crippen LogP contribution in [0.5, 0.6) is 5.75 Å². The first-order valence-corrected chi connectivity index (χ1v) is 9.70. The summed E-state index contributed by atoms with van der Waals surface area (Å²) in [6, 6.07) is 6.26. The van der Waals surface area contributed by atoms with Crippen LogP contribution in [0.1, 0.15) is 20.3 Å². The number of carbonyl (C=O) groups excluding carboxylic acids is 3. The van der Waals surface area contributed by atoms with Gasteiger partial charge in [-0.2, -0.15) is 0 Å². The summed E-state index contributed by atoms with van der Waals surface area (Å²) in [5, 5.41) is 5.53. The molecule has 1 aromatic rings. The second-order valence-electron chi connectivity index (χ2n) is 7.23. The van der Waals surface area contributed by atoms with Crippen molar-refractivity contribution in [1.29, 1.82) is 0 Å². The molecule has 1 saturated heterocycles. The monoisotopic (exact) mass is 403 g/mol. The van der Waals surface area contributed by atoms with Crippen molar-refractivity contribution in [2.45, 2.75) is 26.3 Å². The van der Waals surface area contributed by atoms with Crippen molar-refractivity contribution in [2.75, 3.05) is 38.2 Å². The molecule has 1 aliphatic rings. The van der Waals surface area contributed by atoms with Crippen molar-refractivity contribution < 1.29 is 23.9 Å². The van der Waals surface area contributed by atoms with Crippen LogP contribution in [0.4, 0.5) is 5.69 Å². The van der Waals surface area contributed by atoms with Crippen LogP contribution in [-0.2, 0) is 19.1 Å². The Balaban J connectivity index is 1.91. The highest BCUT2D eigenvalue weighted by molar-refractivity contribution is 5.93. The van der Waals surface area contributed by atoms with E-state index in [2.05, 4.69) is 17.2 Å². The van der Waals surface area contributed by atoms with Gasteiger partial charge in [0.2, 0.25) is 11.8 Å². The van der Waals surface area contributed by atoms with Crippen LogP contribution >= 0.6 is 0 Å². The second-order valence-corrected chi connectivity index (χ2v) is 7.23. The molecule has 1 unspecified atom stereocenters. The zero-order valence-corrected chi connectivity index (χ0v) is 17.0. The number of anilines is 1. The molecular formula is C21H29N3O5. The third-order valence-electron chi connectivity index (χ3n) is 4.23. The Kier molecular flexibility index (Phi) is 8.67. The van der Waals surface area contributed by atoms with Crippen molar-refractivity contribution >= 4 is 23.5 Å². The van der Waals surface area contributed by atoms with Gasteiger partial charge in [0.15, 0.2) is 0 Å². The van der Waals surface area contributed by atoms with Crippen LogP contribution in [0.15, 0.2) is 36.9 Å². The first kappa shape index (κ1) is 22.4. The molecule has 2 amide bonds. The minimum absolute atomic E-state index is 0.00423.